The Morgan fingerprint density at radius 3 is 2.39 bits per heavy atom. The van der Waals surface area contributed by atoms with Crippen molar-refractivity contribution in [3.05, 3.63) is 104 Å². The van der Waals surface area contributed by atoms with Crippen LogP contribution in [-0.4, -0.2) is 13.0 Å². The van der Waals surface area contributed by atoms with Crippen molar-refractivity contribution in [1.82, 2.24) is 0 Å². The number of hydrogen-bond acceptors (Lipinski definition) is 4. The van der Waals surface area contributed by atoms with Gasteiger partial charge in [0.1, 0.15) is 11.3 Å². The van der Waals surface area contributed by atoms with E-state index in [1.54, 1.807) is 18.1 Å². The van der Waals surface area contributed by atoms with Gasteiger partial charge in [-0.05, 0) is 66.8 Å². The van der Waals surface area contributed by atoms with Crippen LogP contribution in [0.1, 0.15) is 51.3 Å². The number of hydrogen-bond donors (Lipinski definition) is 0. The number of carbonyl (C=O) groups excluding carboxylic acids is 1. The number of carbonyl (C=O) groups is 1. The fraction of sp³-hybridized carbons (Fsp3) is 0.214. The SMILES string of the molecule is CCc1ccc(C2c3c(oc4cc(C)c(C)cc4c3=O)C(=O)N2c2cccc(OC)c2)cc1. The number of aryl methyl sites for hydroxylation is 3. The second-order valence-electron chi connectivity index (χ2n) is 8.48. The van der Waals surface area contributed by atoms with Crippen LogP contribution in [0.4, 0.5) is 5.69 Å². The highest BCUT2D eigenvalue weighted by atomic mass is 16.5. The largest absolute Gasteiger partial charge is 0.497 e. The zero-order valence-corrected chi connectivity index (χ0v) is 19.1. The van der Waals surface area contributed by atoms with Gasteiger partial charge in [-0.2, -0.15) is 0 Å². The van der Waals surface area contributed by atoms with E-state index in [-0.39, 0.29) is 17.1 Å². The second kappa shape index (κ2) is 7.93. The summed E-state index contributed by atoms with van der Waals surface area (Å²) < 4.78 is 11.5. The van der Waals surface area contributed by atoms with Crippen LogP contribution in [0, 0.1) is 13.8 Å². The van der Waals surface area contributed by atoms with Gasteiger partial charge in [-0.1, -0.05) is 37.3 Å². The molecule has 0 aliphatic carbocycles. The first kappa shape index (κ1) is 21.0. The third-order valence-corrected chi connectivity index (χ3v) is 6.52. The van der Waals surface area contributed by atoms with Gasteiger partial charge < -0.3 is 9.15 Å². The Morgan fingerprint density at radius 1 is 0.970 bits per heavy atom. The van der Waals surface area contributed by atoms with Crippen molar-refractivity contribution >= 4 is 22.6 Å². The molecule has 4 aromatic rings. The minimum absolute atomic E-state index is 0.100. The highest BCUT2D eigenvalue weighted by Crippen LogP contribution is 2.42. The van der Waals surface area contributed by atoms with E-state index in [2.05, 4.69) is 6.92 Å². The maximum absolute atomic E-state index is 13.8. The fourth-order valence-corrected chi connectivity index (χ4v) is 4.51. The maximum atomic E-state index is 13.8. The van der Waals surface area contributed by atoms with Crippen molar-refractivity contribution in [2.24, 2.45) is 0 Å². The van der Waals surface area contributed by atoms with Crippen LogP contribution in [0.5, 0.6) is 5.75 Å². The number of fused-ring (bicyclic) bond motifs is 2. The molecule has 1 aromatic heterocycles. The molecule has 5 nitrogen and oxygen atoms in total. The molecule has 0 saturated heterocycles. The summed E-state index contributed by atoms with van der Waals surface area (Å²) >= 11 is 0. The van der Waals surface area contributed by atoms with Gasteiger partial charge in [-0.15, -0.1) is 0 Å². The lowest BCUT2D eigenvalue weighted by atomic mass is 9.96. The lowest BCUT2D eigenvalue weighted by molar-refractivity contribution is 0.0971. The minimum atomic E-state index is -0.590. The molecule has 2 heterocycles. The molecular formula is C28H25NO4. The summed E-state index contributed by atoms with van der Waals surface area (Å²) in [5, 5.41) is 0.493. The molecule has 0 N–H and O–H groups in total. The van der Waals surface area contributed by atoms with Gasteiger partial charge in [0.2, 0.25) is 5.76 Å². The molecule has 1 aliphatic heterocycles. The topological polar surface area (TPSA) is 59.8 Å². The number of benzene rings is 3. The Hall–Kier alpha value is -3.86. The molecular weight excluding hydrogens is 414 g/mol. The number of amides is 1. The molecule has 1 unspecified atom stereocenters. The van der Waals surface area contributed by atoms with Gasteiger partial charge in [-0.25, -0.2) is 0 Å². The van der Waals surface area contributed by atoms with E-state index in [1.807, 2.05) is 68.4 Å². The van der Waals surface area contributed by atoms with Gasteiger partial charge in [0.05, 0.1) is 24.1 Å². The van der Waals surface area contributed by atoms with Crippen LogP contribution in [-0.2, 0) is 6.42 Å². The second-order valence-corrected chi connectivity index (χ2v) is 8.48. The maximum Gasteiger partial charge on any atom is 0.295 e. The molecule has 0 saturated carbocycles. The van der Waals surface area contributed by atoms with Crippen molar-refractivity contribution in [2.45, 2.75) is 33.2 Å². The highest BCUT2D eigenvalue weighted by Gasteiger charge is 2.43. The molecule has 1 atom stereocenters. The van der Waals surface area contributed by atoms with Crippen molar-refractivity contribution in [3.8, 4) is 5.75 Å². The number of anilines is 1. The van der Waals surface area contributed by atoms with E-state index < -0.39 is 6.04 Å². The Morgan fingerprint density at radius 2 is 1.70 bits per heavy atom. The molecule has 1 amide bonds. The normalized spacial score (nSPS) is 15.2. The molecule has 0 spiro atoms. The summed E-state index contributed by atoms with van der Waals surface area (Å²) in [6, 6.07) is 18.5. The average Bonchev–Trinajstić information content (AvgIpc) is 3.13. The van der Waals surface area contributed by atoms with E-state index in [0.717, 1.165) is 23.1 Å². The summed E-state index contributed by atoms with van der Waals surface area (Å²) in [5.74, 6) is 0.398. The van der Waals surface area contributed by atoms with Gasteiger partial charge in [0.25, 0.3) is 5.91 Å². The van der Waals surface area contributed by atoms with Crippen molar-refractivity contribution in [2.75, 3.05) is 12.0 Å². The number of methoxy groups -OCH3 is 1. The van der Waals surface area contributed by atoms with Crippen molar-refractivity contribution in [3.63, 3.8) is 0 Å². The first-order valence-electron chi connectivity index (χ1n) is 11.1. The quantitative estimate of drug-likeness (QED) is 0.407. The van der Waals surface area contributed by atoms with E-state index in [0.29, 0.717) is 28.0 Å². The predicted octanol–water partition coefficient (Wildman–Crippen LogP) is 5.73. The Balaban J connectivity index is 1.80. The first-order chi connectivity index (χ1) is 15.9. The third-order valence-electron chi connectivity index (χ3n) is 6.52. The van der Waals surface area contributed by atoms with Gasteiger partial charge in [-0.3, -0.25) is 14.5 Å². The van der Waals surface area contributed by atoms with Crippen LogP contribution in [0.15, 0.2) is 69.9 Å². The van der Waals surface area contributed by atoms with E-state index in [4.69, 9.17) is 9.15 Å². The van der Waals surface area contributed by atoms with Gasteiger partial charge in [0.15, 0.2) is 5.43 Å². The first-order valence-corrected chi connectivity index (χ1v) is 11.1. The number of rotatable bonds is 4. The van der Waals surface area contributed by atoms with Crippen molar-refractivity contribution < 1.29 is 13.9 Å². The van der Waals surface area contributed by atoms with Crippen LogP contribution in [0.25, 0.3) is 11.0 Å². The Bertz CT molecular complexity index is 1450. The molecule has 5 rings (SSSR count). The molecule has 0 fully saturated rings. The lowest BCUT2D eigenvalue weighted by Gasteiger charge is -2.25. The van der Waals surface area contributed by atoms with E-state index in [1.165, 1.54) is 5.56 Å². The molecule has 3 aromatic carbocycles. The zero-order valence-electron chi connectivity index (χ0n) is 19.1. The lowest BCUT2D eigenvalue weighted by Crippen LogP contribution is -2.29. The van der Waals surface area contributed by atoms with Crippen LogP contribution in [0.3, 0.4) is 0 Å². The van der Waals surface area contributed by atoms with Crippen LogP contribution >= 0.6 is 0 Å². The summed E-state index contributed by atoms with van der Waals surface area (Å²) in [6.07, 6.45) is 0.908. The summed E-state index contributed by atoms with van der Waals surface area (Å²) in [5.41, 5.74) is 5.35. The third kappa shape index (κ3) is 3.32. The van der Waals surface area contributed by atoms with Gasteiger partial charge in [0, 0.05) is 11.8 Å². The average molecular weight is 440 g/mol. The Labute approximate surface area is 192 Å². The van der Waals surface area contributed by atoms with Crippen molar-refractivity contribution in [1.29, 1.82) is 0 Å². The number of ether oxygens (including phenoxy) is 1. The molecule has 33 heavy (non-hydrogen) atoms. The van der Waals surface area contributed by atoms with Crippen LogP contribution in [0.2, 0.25) is 0 Å². The summed E-state index contributed by atoms with van der Waals surface area (Å²) in [4.78, 5) is 29.1. The number of nitrogens with zero attached hydrogens (tertiary/aromatic N) is 1. The molecule has 0 radical (unpaired) electrons. The summed E-state index contributed by atoms with van der Waals surface area (Å²) in [6.45, 7) is 6.03. The Kier molecular flexibility index (Phi) is 5.05. The summed E-state index contributed by atoms with van der Waals surface area (Å²) in [7, 11) is 1.59. The van der Waals surface area contributed by atoms with E-state index >= 15 is 0 Å². The van der Waals surface area contributed by atoms with Gasteiger partial charge >= 0.3 is 0 Å². The fourth-order valence-electron chi connectivity index (χ4n) is 4.51. The zero-order chi connectivity index (χ0) is 23.3. The molecule has 166 valence electrons. The van der Waals surface area contributed by atoms with Crippen LogP contribution < -0.4 is 15.1 Å². The monoisotopic (exact) mass is 439 g/mol. The van der Waals surface area contributed by atoms with E-state index in [9.17, 15) is 9.59 Å². The predicted molar refractivity (Wildman–Crippen MR) is 129 cm³/mol. The molecule has 5 heteroatoms. The molecule has 1 aliphatic rings. The highest BCUT2D eigenvalue weighted by molar-refractivity contribution is 6.10. The molecule has 0 bridgehead atoms. The smallest absolute Gasteiger partial charge is 0.295 e. The minimum Gasteiger partial charge on any atom is -0.497 e. The standard InChI is InChI=1S/C28H25NO4/c1-5-18-9-11-19(12-10-18)25-24-26(30)22-13-16(2)17(3)14-23(22)33-27(24)28(31)29(25)20-7-6-8-21(15-20)32-4/h6-15,25H,5H2,1-4H3.